The van der Waals surface area contributed by atoms with Crippen molar-refractivity contribution in [2.75, 3.05) is 7.05 Å². The van der Waals surface area contributed by atoms with Crippen molar-refractivity contribution in [3.63, 3.8) is 0 Å². The van der Waals surface area contributed by atoms with Crippen LogP contribution in [0.4, 0.5) is 8.78 Å². The average molecular weight is 312 g/mol. The van der Waals surface area contributed by atoms with E-state index in [0.29, 0.717) is 10.0 Å². The molecule has 0 heterocycles. The summed E-state index contributed by atoms with van der Waals surface area (Å²) in [6.07, 6.45) is 0. The van der Waals surface area contributed by atoms with Crippen LogP contribution in [-0.4, -0.2) is 7.05 Å². The van der Waals surface area contributed by atoms with Crippen LogP contribution in [0.3, 0.4) is 0 Å². The van der Waals surface area contributed by atoms with Gasteiger partial charge in [-0.3, -0.25) is 0 Å². The van der Waals surface area contributed by atoms with Gasteiger partial charge in [0.05, 0.1) is 10.5 Å². The van der Waals surface area contributed by atoms with Gasteiger partial charge in [-0.05, 0) is 46.7 Å². The maximum Gasteiger partial charge on any atom is 0.137 e. The lowest BCUT2D eigenvalue weighted by molar-refractivity contribution is 0.574. The van der Waals surface area contributed by atoms with Crippen LogP contribution in [0, 0.1) is 11.6 Å². The van der Waals surface area contributed by atoms with E-state index in [1.54, 1.807) is 37.4 Å². The van der Waals surface area contributed by atoms with Crippen LogP contribution in [0.25, 0.3) is 0 Å². The Hall–Kier alpha value is -1.26. The van der Waals surface area contributed by atoms with Crippen LogP contribution in [0.2, 0.25) is 0 Å². The molecular weight excluding hydrogens is 300 g/mol. The van der Waals surface area contributed by atoms with Gasteiger partial charge < -0.3 is 5.32 Å². The summed E-state index contributed by atoms with van der Waals surface area (Å²) in [6, 6.07) is 10.9. The first-order valence-corrected chi connectivity index (χ1v) is 6.29. The summed E-state index contributed by atoms with van der Waals surface area (Å²) in [7, 11) is 1.74. The molecule has 0 saturated carbocycles. The topological polar surface area (TPSA) is 12.0 Å². The van der Waals surface area contributed by atoms with Gasteiger partial charge in [-0.2, -0.15) is 0 Å². The van der Waals surface area contributed by atoms with Crippen molar-refractivity contribution in [3.05, 3.63) is 69.7 Å². The van der Waals surface area contributed by atoms with Crippen molar-refractivity contribution in [2.24, 2.45) is 0 Å². The molecule has 4 heteroatoms. The van der Waals surface area contributed by atoms with Crippen LogP contribution in [0.15, 0.2) is 46.9 Å². The minimum atomic E-state index is -0.331. The molecule has 0 saturated heterocycles. The van der Waals surface area contributed by atoms with E-state index in [0.717, 1.165) is 5.56 Å². The standard InChI is InChI=1S/C14H12BrF2N/c1-18-14(10-4-2-3-5-12(10)16)9-6-7-13(17)11(15)8-9/h2-8,14,18H,1H3. The Morgan fingerprint density at radius 2 is 1.78 bits per heavy atom. The number of rotatable bonds is 3. The van der Waals surface area contributed by atoms with E-state index in [-0.39, 0.29) is 17.7 Å². The molecule has 0 radical (unpaired) electrons. The van der Waals surface area contributed by atoms with E-state index in [2.05, 4.69) is 21.2 Å². The first-order valence-electron chi connectivity index (χ1n) is 5.50. The maximum atomic E-state index is 13.8. The highest BCUT2D eigenvalue weighted by molar-refractivity contribution is 9.10. The van der Waals surface area contributed by atoms with Gasteiger partial charge in [-0.25, -0.2) is 8.78 Å². The zero-order chi connectivity index (χ0) is 13.1. The van der Waals surface area contributed by atoms with Crippen LogP contribution in [-0.2, 0) is 0 Å². The van der Waals surface area contributed by atoms with Crippen LogP contribution >= 0.6 is 15.9 Å². The fourth-order valence-electron chi connectivity index (χ4n) is 1.90. The summed E-state index contributed by atoms with van der Waals surface area (Å²) in [6.45, 7) is 0. The molecule has 1 unspecified atom stereocenters. The predicted molar refractivity (Wildman–Crippen MR) is 71.4 cm³/mol. The normalized spacial score (nSPS) is 12.4. The highest BCUT2D eigenvalue weighted by Crippen LogP contribution is 2.27. The largest absolute Gasteiger partial charge is 0.309 e. The van der Waals surface area contributed by atoms with Gasteiger partial charge in [-0.1, -0.05) is 24.3 Å². The molecule has 1 atom stereocenters. The Kier molecular flexibility index (Phi) is 4.09. The summed E-state index contributed by atoms with van der Waals surface area (Å²) in [5, 5.41) is 3.04. The van der Waals surface area contributed by atoms with Gasteiger partial charge in [0.25, 0.3) is 0 Å². The van der Waals surface area contributed by atoms with E-state index in [4.69, 9.17) is 0 Å². The number of benzene rings is 2. The molecule has 0 amide bonds. The van der Waals surface area contributed by atoms with Crippen molar-refractivity contribution in [1.82, 2.24) is 5.32 Å². The summed E-state index contributed by atoms with van der Waals surface area (Å²) in [4.78, 5) is 0. The Bertz CT molecular complexity index is 557. The third-order valence-corrected chi connectivity index (χ3v) is 3.39. The SMILES string of the molecule is CNC(c1ccc(F)c(Br)c1)c1ccccc1F. The lowest BCUT2D eigenvalue weighted by atomic mass is 9.98. The Morgan fingerprint density at radius 3 is 2.39 bits per heavy atom. The fraction of sp³-hybridized carbons (Fsp3) is 0.143. The van der Waals surface area contributed by atoms with Gasteiger partial charge >= 0.3 is 0 Å². The third-order valence-electron chi connectivity index (χ3n) is 2.78. The second kappa shape index (κ2) is 5.59. The smallest absolute Gasteiger partial charge is 0.137 e. The highest BCUT2D eigenvalue weighted by atomic mass is 79.9. The van der Waals surface area contributed by atoms with Crippen molar-refractivity contribution >= 4 is 15.9 Å². The van der Waals surface area contributed by atoms with E-state index >= 15 is 0 Å². The number of hydrogen-bond acceptors (Lipinski definition) is 1. The van der Waals surface area contributed by atoms with Crippen molar-refractivity contribution in [3.8, 4) is 0 Å². The van der Waals surface area contributed by atoms with E-state index in [1.807, 2.05) is 0 Å². The first-order chi connectivity index (χ1) is 8.63. The van der Waals surface area contributed by atoms with Gasteiger partial charge in [0.15, 0.2) is 0 Å². The lowest BCUT2D eigenvalue weighted by Gasteiger charge is -2.18. The van der Waals surface area contributed by atoms with Gasteiger partial charge in [-0.15, -0.1) is 0 Å². The number of halogens is 3. The zero-order valence-electron chi connectivity index (χ0n) is 9.75. The molecule has 1 nitrogen and oxygen atoms in total. The fourth-order valence-corrected chi connectivity index (χ4v) is 2.30. The third kappa shape index (κ3) is 2.60. The monoisotopic (exact) mass is 311 g/mol. The van der Waals surface area contributed by atoms with E-state index in [9.17, 15) is 8.78 Å². The quantitative estimate of drug-likeness (QED) is 0.902. The molecule has 2 aromatic carbocycles. The molecule has 0 aliphatic rings. The summed E-state index contributed by atoms with van der Waals surface area (Å²) < 4.78 is 27.3. The number of hydrogen-bond donors (Lipinski definition) is 1. The molecule has 0 fully saturated rings. The van der Waals surface area contributed by atoms with E-state index in [1.165, 1.54) is 12.1 Å². The average Bonchev–Trinajstić information content (AvgIpc) is 2.37. The van der Waals surface area contributed by atoms with Crippen LogP contribution in [0.5, 0.6) is 0 Å². The van der Waals surface area contributed by atoms with Crippen LogP contribution < -0.4 is 5.32 Å². The molecule has 1 N–H and O–H groups in total. The van der Waals surface area contributed by atoms with Crippen molar-refractivity contribution in [1.29, 1.82) is 0 Å². The second-order valence-corrected chi connectivity index (χ2v) is 4.77. The lowest BCUT2D eigenvalue weighted by Crippen LogP contribution is -2.19. The second-order valence-electron chi connectivity index (χ2n) is 3.92. The first kappa shape index (κ1) is 13.2. The molecule has 2 aromatic rings. The Balaban J connectivity index is 2.45. The van der Waals surface area contributed by atoms with Crippen molar-refractivity contribution < 1.29 is 8.78 Å². The molecule has 94 valence electrons. The minimum absolute atomic E-state index is 0.280. The molecular formula is C14H12BrF2N. The summed E-state index contributed by atoms with van der Waals surface area (Å²) >= 11 is 3.14. The molecule has 0 aliphatic carbocycles. The molecule has 0 spiro atoms. The van der Waals surface area contributed by atoms with Gasteiger partial charge in [0.2, 0.25) is 0 Å². The summed E-state index contributed by atoms with van der Waals surface area (Å²) in [5.41, 5.74) is 1.34. The molecule has 0 aliphatic heterocycles. The highest BCUT2D eigenvalue weighted by Gasteiger charge is 2.16. The van der Waals surface area contributed by atoms with E-state index < -0.39 is 0 Å². The molecule has 2 rings (SSSR count). The zero-order valence-corrected chi connectivity index (χ0v) is 11.3. The van der Waals surface area contributed by atoms with Crippen LogP contribution in [0.1, 0.15) is 17.2 Å². The number of nitrogens with one attached hydrogen (secondary N) is 1. The van der Waals surface area contributed by atoms with Gasteiger partial charge in [0.1, 0.15) is 11.6 Å². The predicted octanol–water partition coefficient (Wildman–Crippen LogP) is 4.04. The van der Waals surface area contributed by atoms with Gasteiger partial charge in [0, 0.05) is 5.56 Å². The minimum Gasteiger partial charge on any atom is -0.309 e. The molecule has 0 aromatic heterocycles. The van der Waals surface area contributed by atoms with Crippen molar-refractivity contribution in [2.45, 2.75) is 6.04 Å². The summed E-state index contributed by atoms with van der Waals surface area (Å²) in [5.74, 6) is -0.612. The Morgan fingerprint density at radius 1 is 1.06 bits per heavy atom. The Labute approximate surface area is 113 Å². The molecule has 0 bridgehead atoms. The molecule has 18 heavy (non-hydrogen) atoms. The maximum absolute atomic E-state index is 13.8.